The summed E-state index contributed by atoms with van der Waals surface area (Å²) in [5.74, 6) is -1.55. The molecule has 0 spiro atoms. The van der Waals surface area contributed by atoms with Gasteiger partial charge in [-0.2, -0.15) is 13.2 Å². The van der Waals surface area contributed by atoms with Gasteiger partial charge in [0.1, 0.15) is 18.2 Å². The number of benzene rings is 1. The second-order valence-electron chi connectivity index (χ2n) is 3.64. The lowest BCUT2D eigenvalue weighted by Gasteiger charge is -2.13. The molecule has 18 heavy (non-hydrogen) atoms. The maximum Gasteiger partial charge on any atom is 0.411 e. The first-order valence-electron chi connectivity index (χ1n) is 5.07. The summed E-state index contributed by atoms with van der Waals surface area (Å²) in [6.07, 6.45) is -6.11. The molecule has 0 saturated heterocycles. The van der Waals surface area contributed by atoms with Gasteiger partial charge in [-0.3, -0.25) is 0 Å². The van der Waals surface area contributed by atoms with Crippen LogP contribution in [0.2, 0.25) is 0 Å². The van der Waals surface area contributed by atoms with Crippen molar-refractivity contribution in [1.29, 1.82) is 0 Å². The van der Waals surface area contributed by atoms with E-state index >= 15 is 0 Å². The molecule has 1 aromatic rings. The number of halogens is 5. The molecule has 1 atom stereocenters. The van der Waals surface area contributed by atoms with E-state index in [9.17, 15) is 27.1 Å². The van der Waals surface area contributed by atoms with E-state index < -0.39 is 37.1 Å². The zero-order valence-electron chi connectivity index (χ0n) is 9.18. The number of aliphatic hydroxyl groups excluding tert-OH is 1. The molecule has 0 aliphatic heterocycles. The van der Waals surface area contributed by atoms with Gasteiger partial charge in [-0.05, 0) is 18.2 Å². The molecule has 1 rings (SSSR count). The quantitative estimate of drug-likeness (QED) is 0.658. The fraction of sp³-hybridized carbons (Fsp3) is 0.455. The minimum Gasteiger partial charge on any atom is -0.388 e. The summed E-state index contributed by atoms with van der Waals surface area (Å²) in [5, 5.41) is 9.49. The van der Waals surface area contributed by atoms with Gasteiger partial charge in [-0.25, -0.2) is 8.78 Å². The highest BCUT2D eigenvalue weighted by atomic mass is 19.4. The van der Waals surface area contributed by atoms with Gasteiger partial charge < -0.3 is 9.84 Å². The molecule has 0 aromatic heterocycles. The Morgan fingerprint density at radius 1 is 1.22 bits per heavy atom. The topological polar surface area (TPSA) is 29.5 Å². The van der Waals surface area contributed by atoms with Crippen LogP contribution in [0.5, 0.6) is 0 Å². The van der Waals surface area contributed by atoms with Gasteiger partial charge >= 0.3 is 6.18 Å². The van der Waals surface area contributed by atoms with E-state index in [0.717, 1.165) is 18.2 Å². The molecule has 0 aliphatic rings. The number of ether oxygens (including phenoxy) is 1. The zero-order chi connectivity index (χ0) is 13.8. The third kappa shape index (κ3) is 4.97. The fourth-order valence-electron chi connectivity index (χ4n) is 1.31. The molecule has 0 heterocycles. The minimum absolute atomic E-state index is 0.254. The molecule has 102 valence electrons. The van der Waals surface area contributed by atoms with Crippen LogP contribution < -0.4 is 0 Å². The van der Waals surface area contributed by atoms with Crippen molar-refractivity contribution in [2.45, 2.75) is 18.7 Å². The van der Waals surface area contributed by atoms with Crippen LogP contribution in [0.3, 0.4) is 0 Å². The summed E-state index contributed by atoms with van der Waals surface area (Å²) in [6, 6.07) is 2.51. The van der Waals surface area contributed by atoms with Gasteiger partial charge in [-0.1, -0.05) is 0 Å². The number of rotatable bonds is 5. The third-order valence-electron chi connectivity index (χ3n) is 2.12. The lowest BCUT2D eigenvalue weighted by atomic mass is 10.1. The number of aliphatic hydroxyl groups is 1. The minimum atomic E-state index is -4.45. The second kappa shape index (κ2) is 6.10. The Morgan fingerprint density at radius 3 is 2.50 bits per heavy atom. The van der Waals surface area contributed by atoms with Crippen molar-refractivity contribution in [2.24, 2.45) is 0 Å². The Morgan fingerprint density at radius 2 is 1.89 bits per heavy atom. The van der Waals surface area contributed by atoms with Crippen molar-refractivity contribution >= 4 is 0 Å². The van der Waals surface area contributed by atoms with E-state index in [1.807, 2.05) is 0 Å². The molecule has 7 heteroatoms. The highest BCUT2D eigenvalue weighted by Crippen LogP contribution is 2.21. The Balaban J connectivity index is 2.45. The first-order chi connectivity index (χ1) is 8.29. The molecule has 0 saturated carbocycles. The molecule has 0 fully saturated rings. The van der Waals surface area contributed by atoms with Crippen LogP contribution in [0.4, 0.5) is 22.0 Å². The van der Waals surface area contributed by atoms with Gasteiger partial charge in [0, 0.05) is 18.6 Å². The van der Waals surface area contributed by atoms with Crippen molar-refractivity contribution < 1.29 is 31.8 Å². The van der Waals surface area contributed by atoms with Gasteiger partial charge in [0.2, 0.25) is 0 Å². The Kier molecular flexibility index (Phi) is 5.03. The fourth-order valence-corrected chi connectivity index (χ4v) is 1.31. The summed E-state index contributed by atoms with van der Waals surface area (Å²) in [5.41, 5.74) is -0.300. The third-order valence-corrected chi connectivity index (χ3v) is 2.12. The van der Waals surface area contributed by atoms with Crippen LogP contribution in [0.1, 0.15) is 18.1 Å². The highest BCUT2D eigenvalue weighted by Gasteiger charge is 2.27. The van der Waals surface area contributed by atoms with Crippen LogP contribution in [0.25, 0.3) is 0 Å². The van der Waals surface area contributed by atoms with Crippen molar-refractivity contribution in [3.8, 4) is 0 Å². The highest BCUT2D eigenvalue weighted by molar-refractivity contribution is 5.20. The smallest absolute Gasteiger partial charge is 0.388 e. The molecule has 0 amide bonds. The van der Waals surface area contributed by atoms with E-state index in [0.29, 0.717) is 0 Å². The molecule has 1 unspecified atom stereocenters. The molecule has 0 radical (unpaired) electrons. The van der Waals surface area contributed by atoms with E-state index in [4.69, 9.17) is 0 Å². The lowest BCUT2D eigenvalue weighted by molar-refractivity contribution is -0.175. The first kappa shape index (κ1) is 14.8. The normalized spacial score (nSPS) is 13.7. The van der Waals surface area contributed by atoms with Crippen LogP contribution in [-0.4, -0.2) is 24.5 Å². The number of hydrogen-bond donors (Lipinski definition) is 1. The summed E-state index contributed by atoms with van der Waals surface area (Å²) >= 11 is 0. The van der Waals surface area contributed by atoms with Crippen molar-refractivity contribution in [1.82, 2.24) is 0 Å². The van der Waals surface area contributed by atoms with Crippen LogP contribution in [0.15, 0.2) is 18.2 Å². The van der Waals surface area contributed by atoms with Crippen LogP contribution >= 0.6 is 0 Å². The van der Waals surface area contributed by atoms with Crippen molar-refractivity contribution in [3.63, 3.8) is 0 Å². The van der Waals surface area contributed by atoms with Gasteiger partial charge in [0.25, 0.3) is 0 Å². The summed E-state index contributed by atoms with van der Waals surface area (Å²) in [7, 11) is 0. The maximum absolute atomic E-state index is 13.2. The average Bonchev–Trinajstić information content (AvgIpc) is 2.26. The van der Waals surface area contributed by atoms with Crippen LogP contribution in [0, 0.1) is 11.6 Å². The lowest BCUT2D eigenvalue weighted by Crippen LogP contribution is -2.18. The maximum atomic E-state index is 13.2. The van der Waals surface area contributed by atoms with Gasteiger partial charge in [0.15, 0.2) is 0 Å². The summed E-state index contributed by atoms with van der Waals surface area (Å²) in [6.45, 7) is -1.85. The predicted octanol–water partition coefficient (Wildman–Crippen LogP) is 2.97. The Bertz CT molecular complexity index is 392. The molecule has 0 aliphatic carbocycles. The van der Waals surface area contributed by atoms with E-state index in [1.165, 1.54) is 0 Å². The molecule has 1 aromatic carbocycles. The molecule has 1 N–H and O–H groups in total. The number of alkyl halides is 3. The van der Waals surface area contributed by atoms with E-state index in [1.54, 1.807) is 0 Å². The van der Waals surface area contributed by atoms with Crippen LogP contribution in [-0.2, 0) is 4.74 Å². The van der Waals surface area contributed by atoms with Crippen molar-refractivity contribution in [3.05, 3.63) is 35.4 Å². The average molecular weight is 270 g/mol. The zero-order valence-corrected chi connectivity index (χ0v) is 9.18. The SMILES string of the molecule is OC(CCOCC(F)(F)F)c1cc(F)ccc1F. The number of hydrogen-bond acceptors (Lipinski definition) is 2. The summed E-state index contributed by atoms with van der Waals surface area (Å²) in [4.78, 5) is 0. The van der Waals surface area contributed by atoms with E-state index in [2.05, 4.69) is 4.74 Å². The summed E-state index contributed by atoms with van der Waals surface area (Å²) < 4.78 is 65.4. The Hall–Kier alpha value is -1.21. The van der Waals surface area contributed by atoms with E-state index in [-0.39, 0.29) is 12.0 Å². The standard InChI is InChI=1S/C11H11F5O2/c12-7-1-2-9(13)8(5-7)10(17)3-4-18-6-11(14,15)16/h1-2,5,10,17H,3-4,6H2. The Labute approximate surface area is 100.0 Å². The predicted molar refractivity (Wildman–Crippen MR) is 52.8 cm³/mol. The van der Waals surface area contributed by atoms with Crippen molar-refractivity contribution in [2.75, 3.05) is 13.2 Å². The monoisotopic (exact) mass is 270 g/mol. The first-order valence-corrected chi connectivity index (χ1v) is 5.07. The van der Waals surface area contributed by atoms with Gasteiger partial charge in [0.05, 0.1) is 6.10 Å². The molecular formula is C11H11F5O2. The largest absolute Gasteiger partial charge is 0.411 e. The second-order valence-corrected chi connectivity index (χ2v) is 3.64. The molecular weight excluding hydrogens is 259 g/mol. The van der Waals surface area contributed by atoms with Gasteiger partial charge in [-0.15, -0.1) is 0 Å². The molecule has 0 bridgehead atoms. The molecule has 2 nitrogen and oxygen atoms in total.